The first-order valence-electron chi connectivity index (χ1n) is 7.89. The zero-order valence-electron chi connectivity index (χ0n) is 13.4. The molecule has 2 N–H and O–H groups in total. The molecule has 1 aliphatic heterocycles. The van der Waals surface area contributed by atoms with Crippen molar-refractivity contribution in [1.82, 2.24) is 10.3 Å². The fourth-order valence-electron chi connectivity index (χ4n) is 2.76. The summed E-state index contributed by atoms with van der Waals surface area (Å²) in [7, 11) is -2.97. The monoisotopic (exact) mass is 363 g/mol. The second kappa shape index (κ2) is 7.18. The summed E-state index contributed by atoms with van der Waals surface area (Å²) in [6.45, 7) is 0.298. The Hall–Kier alpha value is -2.48. The van der Waals surface area contributed by atoms with Crippen LogP contribution in [0.5, 0.6) is 0 Å². The summed E-state index contributed by atoms with van der Waals surface area (Å²) in [6.07, 6.45) is 2.09. The van der Waals surface area contributed by atoms with Crippen molar-refractivity contribution in [3.63, 3.8) is 0 Å². The fraction of sp³-hybridized carbons (Fsp3) is 0.294. The summed E-state index contributed by atoms with van der Waals surface area (Å²) in [4.78, 5) is 16.6. The van der Waals surface area contributed by atoms with E-state index in [-0.39, 0.29) is 23.3 Å². The number of anilines is 2. The van der Waals surface area contributed by atoms with Crippen LogP contribution in [0.3, 0.4) is 0 Å². The first kappa shape index (κ1) is 17.3. The van der Waals surface area contributed by atoms with Crippen LogP contribution in [-0.4, -0.2) is 37.4 Å². The molecular weight excluding hydrogens is 345 g/mol. The Labute approximate surface area is 145 Å². The third-order valence-corrected chi connectivity index (χ3v) is 5.85. The van der Waals surface area contributed by atoms with Gasteiger partial charge in [-0.3, -0.25) is 4.79 Å². The largest absolute Gasteiger partial charge is 0.352 e. The molecule has 1 aliphatic rings. The Morgan fingerprint density at radius 1 is 1.28 bits per heavy atom. The van der Waals surface area contributed by atoms with Crippen molar-refractivity contribution >= 4 is 27.2 Å². The Kier molecular flexibility index (Phi) is 4.98. The zero-order chi connectivity index (χ0) is 17.9. The molecule has 1 aromatic heterocycles. The molecule has 0 unspecified atom stereocenters. The van der Waals surface area contributed by atoms with E-state index in [0.717, 1.165) is 0 Å². The van der Waals surface area contributed by atoms with E-state index in [1.165, 1.54) is 18.3 Å². The topological polar surface area (TPSA) is 88.2 Å². The van der Waals surface area contributed by atoms with Crippen molar-refractivity contribution in [2.75, 3.05) is 23.4 Å². The van der Waals surface area contributed by atoms with Gasteiger partial charge in [0.1, 0.15) is 11.6 Å². The predicted molar refractivity (Wildman–Crippen MR) is 93.0 cm³/mol. The van der Waals surface area contributed by atoms with E-state index < -0.39 is 15.7 Å². The molecule has 0 saturated carbocycles. The number of benzene rings is 1. The Bertz CT molecular complexity index is 886. The van der Waals surface area contributed by atoms with Crippen LogP contribution in [0.25, 0.3) is 0 Å². The van der Waals surface area contributed by atoms with Crippen molar-refractivity contribution < 1.29 is 17.6 Å². The zero-order valence-corrected chi connectivity index (χ0v) is 14.2. The first-order valence-corrected chi connectivity index (χ1v) is 9.71. The van der Waals surface area contributed by atoms with Crippen LogP contribution in [0.2, 0.25) is 0 Å². The average molecular weight is 363 g/mol. The van der Waals surface area contributed by atoms with Crippen LogP contribution in [0.4, 0.5) is 15.9 Å². The maximum atomic E-state index is 13.3. The molecule has 1 amide bonds. The number of hydrogen-bond acceptors (Lipinski definition) is 5. The molecule has 1 saturated heterocycles. The Balaban J connectivity index is 1.68. The van der Waals surface area contributed by atoms with Crippen molar-refractivity contribution in [2.45, 2.75) is 6.42 Å². The van der Waals surface area contributed by atoms with Gasteiger partial charge in [0.2, 0.25) is 0 Å². The van der Waals surface area contributed by atoms with Crippen molar-refractivity contribution in [3.05, 3.63) is 54.0 Å². The van der Waals surface area contributed by atoms with Gasteiger partial charge in [-0.05, 0) is 42.7 Å². The molecule has 3 rings (SSSR count). The van der Waals surface area contributed by atoms with Crippen LogP contribution in [0, 0.1) is 11.7 Å². The maximum absolute atomic E-state index is 13.3. The highest BCUT2D eigenvalue weighted by Gasteiger charge is 2.28. The van der Waals surface area contributed by atoms with Gasteiger partial charge >= 0.3 is 0 Å². The number of pyridine rings is 1. The van der Waals surface area contributed by atoms with Gasteiger partial charge in [0.15, 0.2) is 9.84 Å². The van der Waals surface area contributed by atoms with Gasteiger partial charge in [-0.15, -0.1) is 0 Å². The van der Waals surface area contributed by atoms with Crippen LogP contribution in [0.15, 0.2) is 42.6 Å². The van der Waals surface area contributed by atoms with Gasteiger partial charge in [-0.25, -0.2) is 17.8 Å². The smallest absolute Gasteiger partial charge is 0.255 e. The highest BCUT2D eigenvalue weighted by Crippen LogP contribution is 2.20. The van der Waals surface area contributed by atoms with Crippen LogP contribution in [0.1, 0.15) is 16.8 Å². The van der Waals surface area contributed by atoms with E-state index in [0.29, 0.717) is 30.0 Å². The Morgan fingerprint density at radius 3 is 2.84 bits per heavy atom. The summed E-state index contributed by atoms with van der Waals surface area (Å²) in [6, 6.07) is 9.09. The van der Waals surface area contributed by atoms with Gasteiger partial charge in [0, 0.05) is 18.4 Å². The van der Waals surface area contributed by atoms with E-state index in [2.05, 4.69) is 15.6 Å². The third kappa shape index (κ3) is 4.54. The summed E-state index contributed by atoms with van der Waals surface area (Å²) in [5.74, 6) is -0.220. The van der Waals surface area contributed by atoms with E-state index in [1.807, 2.05) is 0 Å². The fourth-order valence-corrected chi connectivity index (χ4v) is 4.62. The van der Waals surface area contributed by atoms with Crippen molar-refractivity contribution in [2.24, 2.45) is 5.92 Å². The standard InChI is InChI=1S/C17H18FN3O3S/c18-13-3-1-4-14(9-13)21-16-15(5-2-7-19-16)17(22)20-10-12-6-8-25(23,24)11-12/h1-5,7,9,12H,6,8,10-11H2,(H,19,21)(H,20,22)/t12-/m1/s1. The summed E-state index contributed by atoms with van der Waals surface area (Å²) in [5.41, 5.74) is 0.794. The minimum Gasteiger partial charge on any atom is -0.352 e. The second-order valence-corrected chi connectivity index (χ2v) is 8.24. The van der Waals surface area contributed by atoms with E-state index in [9.17, 15) is 17.6 Å². The van der Waals surface area contributed by atoms with E-state index >= 15 is 0 Å². The number of carbonyl (C=O) groups is 1. The number of sulfone groups is 1. The molecule has 6 nitrogen and oxygen atoms in total. The molecular formula is C17H18FN3O3S. The number of carbonyl (C=O) groups excluding carboxylic acids is 1. The molecule has 25 heavy (non-hydrogen) atoms. The highest BCUT2D eigenvalue weighted by atomic mass is 32.2. The lowest BCUT2D eigenvalue weighted by atomic mass is 10.1. The average Bonchev–Trinajstić information content (AvgIpc) is 2.92. The first-order chi connectivity index (χ1) is 11.9. The van der Waals surface area contributed by atoms with Crippen molar-refractivity contribution in [3.8, 4) is 0 Å². The van der Waals surface area contributed by atoms with E-state index in [1.54, 1.807) is 24.3 Å². The molecule has 1 aromatic carbocycles. The minimum absolute atomic E-state index is 0.0646. The van der Waals surface area contributed by atoms with E-state index in [4.69, 9.17) is 0 Å². The number of nitrogens with one attached hydrogen (secondary N) is 2. The number of aromatic nitrogens is 1. The maximum Gasteiger partial charge on any atom is 0.255 e. The number of hydrogen-bond donors (Lipinski definition) is 2. The quantitative estimate of drug-likeness (QED) is 0.850. The van der Waals surface area contributed by atoms with Crippen LogP contribution >= 0.6 is 0 Å². The normalized spacial score (nSPS) is 18.7. The number of rotatable bonds is 5. The van der Waals surface area contributed by atoms with Gasteiger partial charge < -0.3 is 10.6 Å². The number of nitrogens with zero attached hydrogens (tertiary/aromatic N) is 1. The molecule has 0 aliphatic carbocycles. The van der Waals surface area contributed by atoms with Gasteiger partial charge in [-0.2, -0.15) is 0 Å². The lowest BCUT2D eigenvalue weighted by Gasteiger charge is -2.13. The van der Waals surface area contributed by atoms with Gasteiger partial charge in [-0.1, -0.05) is 6.07 Å². The second-order valence-electron chi connectivity index (χ2n) is 6.01. The lowest BCUT2D eigenvalue weighted by molar-refractivity contribution is 0.0949. The summed E-state index contributed by atoms with van der Waals surface area (Å²) >= 11 is 0. The Morgan fingerprint density at radius 2 is 2.12 bits per heavy atom. The molecule has 2 heterocycles. The molecule has 2 aromatic rings. The van der Waals surface area contributed by atoms with Gasteiger partial charge in [0.25, 0.3) is 5.91 Å². The number of halogens is 1. The van der Waals surface area contributed by atoms with Crippen LogP contribution in [-0.2, 0) is 9.84 Å². The number of amides is 1. The minimum atomic E-state index is -2.97. The lowest BCUT2D eigenvalue weighted by Crippen LogP contribution is -2.30. The third-order valence-electron chi connectivity index (χ3n) is 4.02. The van der Waals surface area contributed by atoms with Crippen molar-refractivity contribution in [1.29, 1.82) is 0 Å². The molecule has 1 fully saturated rings. The molecule has 0 radical (unpaired) electrons. The molecule has 1 atom stereocenters. The molecule has 8 heteroatoms. The van der Waals surface area contributed by atoms with Crippen LogP contribution < -0.4 is 10.6 Å². The SMILES string of the molecule is O=C(NC[C@H]1CCS(=O)(=O)C1)c1cccnc1Nc1cccc(F)c1. The van der Waals surface area contributed by atoms with Gasteiger partial charge in [0.05, 0.1) is 17.1 Å². The molecule has 0 bridgehead atoms. The molecule has 132 valence electrons. The highest BCUT2D eigenvalue weighted by molar-refractivity contribution is 7.91. The summed E-state index contributed by atoms with van der Waals surface area (Å²) in [5, 5.41) is 5.69. The predicted octanol–water partition coefficient (Wildman–Crippen LogP) is 2.13. The summed E-state index contributed by atoms with van der Waals surface area (Å²) < 4.78 is 36.3. The molecule has 0 spiro atoms.